The third kappa shape index (κ3) is 2.10. The van der Waals surface area contributed by atoms with Gasteiger partial charge < -0.3 is 9.84 Å². The standard InChI is InChI=1S/C7H7NO3.ClH/c1-11-5-3-2-4-8-6(5)7(9)10;/h2-4H,1H3,(H,9,10);1H. The molecular weight excluding hydrogens is 182 g/mol. The first-order chi connectivity index (χ1) is 5.25. The van der Waals surface area contributed by atoms with Gasteiger partial charge in [-0.05, 0) is 12.1 Å². The Morgan fingerprint density at radius 1 is 1.67 bits per heavy atom. The van der Waals surface area contributed by atoms with Gasteiger partial charge in [-0.3, -0.25) is 0 Å². The van der Waals surface area contributed by atoms with E-state index in [4.69, 9.17) is 9.84 Å². The number of hydrogen-bond donors (Lipinski definition) is 1. The Labute approximate surface area is 75.6 Å². The number of aromatic carboxylic acids is 1. The molecule has 1 aromatic heterocycles. The summed E-state index contributed by atoms with van der Waals surface area (Å²) in [7, 11) is 1.41. The van der Waals surface area contributed by atoms with Crippen molar-refractivity contribution in [2.24, 2.45) is 0 Å². The van der Waals surface area contributed by atoms with E-state index in [0.29, 0.717) is 0 Å². The molecule has 1 N–H and O–H groups in total. The number of halogens is 1. The van der Waals surface area contributed by atoms with Crippen molar-refractivity contribution < 1.29 is 14.6 Å². The fraction of sp³-hybridized carbons (Fsp3) is 0.143. The summed E-state index contributed by atoms with van der Waals surface area (Å²) in [5, 5.41) is 8.55. The molecule has 0 aliphatic carbocycles. The zero-order valence-electron chi connectivity index (χ0n) is 6.35. The molecule has 0 bridgehead atoms. The minimum atomic E-state index is -1.08. The lowest BCUT2D eigenvalue weighted by Gasteiger charge is -2.00. The predicted octanol–water partition coefficient (Wildman–Crippen LogP) is 1.21. The van der Waals surface area contributed by atoms with E-state index in [1.165, 1.54) is 13.3 Å². The third-order valence-corrected chi connectivity index (χ3v) is 1.19. The minimum Gasteiger partial charge on any atom is -0.494 e. The van der Waals surface area contributed by atoms with E-state index in [1.807, 2.05) is 0 Å². The number of carboxylic acids is 1. The third-order valence-electron chi connectivity index (χ3n) is 1.19. The Morgan fingerprint density at radius 3 is 2.75 bits per heavy atom. The van der Waals surface area contributed by atoms with E-state index in [0.717, 1.165) is 0 Å². The number of carbonyl (C=O) groups is 1. The van der Waals surface area contributed by atoms with Crippen LogP contribution in [0.15, 0.2) is 18.3 Å². The van der Waals surface area contributed by atoms with Gasteiger partial charge in [0.15, 0.2) is 11.4 Å². The second-order valence-corrected chi connectivity index (χ2v) is 1.86. The molecule has 0 aliphatic heterocycles. The highest BCUT2D eigenvalue weighted by atomic mass is 35.5. The van der Waals surface area contributed by atoms with Crippen molar-refractivity contribution in [3.05, 3.63) is 24.0 Å². The largest absolute Gasteiger partial charge is 0.494 e. The molecule has 1 heterocycles. The topological polar surface area (TPSA) is 59.4 Å². The number of nitrogens with zero attached hydrogens (tertiary/aromatic N) is 1. The first kappa shape index (κ1) is 10.7. The molecule has 0 aromatic carbocycles. The first-order valence-corrected chi connectivity index (χ1v) is 2.98. The van der Waals surface area contributed by atoms with E-state index in [1.54, 1.807) is 12.1 Å². The Kier molecular flexibility index (Phi) is 4.07. The minimum absolute atomic E-state index is 0. The highest BCUT2D eigenvalue weighted by Crippen LogP contribution is 2.13. The summed E-state index contributed by atoms with van der Waals surface area (Å²) < 4.78 is 4.76. The van der Waals surface area contributed by atoms with Crippen LogP contribution in [0.3, 0.4) is 0 Å². The lowest BCUT2D eigenvalue weighted by atomic mass is 10.3. The lowest BCUT2D eigenvalue weighted by Crippen LogP contribution is -2.02. The molecule has 0 fully saturated rings. The van der Waals surface area contributed by atoms with Crippen LogP contribution >= 0.6 is 12.4 Å². The van der Waals surface area contributed by atoms with Gasteiger partial charge in [0.25, 0.3) is 0 Å². The molecule has 0 aliphatic rings. The van der Waals surface area contributed by atoms with Crippen LogP contribution in [0.25, 0.3) is 0 Å². The quantitative estimate of drug-likeness (QED) is 0.760. The maximum absolute atomic E-state index is 10.4. The number of carboxylic acid groups (broad SMARTS) is 1. The number of hydrogen-bond acceptors (Lipinski definition) is 3. The average molecular weight is 190 g/mol. The Hall–Kier alpha value is -1.29. The van der Waals surface area contributed by atoms with Gasteiger partial charge in [0, 0.05) is 6.20 Å². The van der Waals surface area contributed by atoms with Gasteiger partial charge in [-0.2, -0.15) is 0 Å². The number of rotatable bonds is 2. The van der Waals surface area contributed by atoms with Gasteiger partial charge in [0.2, 0.25) is 0 Å². The highest BCUT2D eigenvalue weighted by Gasteiger charge is 2.09. The van der Waals surface area contributed by atoms with Crippen molar-refractivity contribution >= 4 is 18.4 Å². The van der Waals surface area contributed by atoms with Crippen LogP contribution in [-0.4, -0.2) is 23.2 Å². The van der Waals surface area contributed by atoms with E-state index < -0.39 is 5.97 Å². The molecule has 0 saturated heterocycles. The second kappa shape index (κ2) is 4.56. The molecular formula is C7H8ClNO3. The van der Waals surface area contributed by atoms with E-state index >= 15 is 0 Å². The highest BCUT2D eigenvalue weighted by molar-refractivity contribution is 5.88. The van der Waals surface area contributed by atoms with Crippen molar-refractivity contribution in [1.29, 1.82) is 0 Å². The molecule has 0 saturated carbocycles. The maximum atomic E-state index is 10.4. The van der Waals surface area contributed by atoms with Crippen LogP contribution in [0.5, 0.6) is 5.75 Å². The van der Waals surface area contributed by atoms with Crippen molar-refractivity contribution in [1.82, 2.24) is 4.98 Å². The SMILES string of the molecule is COc1cccnc1C(=O)O.Cl. The molecule has 0 radical (unpaired) electrons. The molecule has 0 unspecified atom stereocenters. The summed E-state index contributed by atoms with van der Waals surface area (Å²) in [4.78, 5) is 14.1. The fourth-order valence-corrected chi connectivity index (χ4v) is 0.716. The number of pyridine rings is 1. The summed E-state index contributed by atoms with van der Waals surface area (Å²) in [6, 6.07) is 3.17. The van der Waals surface area contributed by atoms with Gasteiger partial charge in [0.05, 0.1) is 7.11 Å². The van der Waals surface area contributed by atoms with Crippen LogP contribution in [0, 0.1) is 0 Å². The predicted molar refractivity (Wildman–Crippen MR) is 45.0 cm³/mol. The number of aromatic nitrogens is 1. The van der Waals surface area contributed by atoms with E-state index in [-0.39, 0.29) is 23.9 Å². The molecule has 1 aromatic rings. The summed E-state index contributed by atoms with van der Waals surface area (Å²) in [5.74, 6) is -0.803. The molecule has 4 nitrogen and oxygen atoms in total. The zero-order valence-corrected chi connectivity index (χ0v) is 7.17. The van der Waals surface area contributed by atoms with Crippen molar-refractivity contribution in [3.8, 4) is 5.75 Å². The Bertz CT molecular complexity index is 277. The smallest absolute Gasteiger partial charge is 0.358 e. The fourth-order valence-electron chi connectivity index (χ4n) is 0.716. The van der Waals surface area contributed by atoms with Gasteiger partial charge in [-0.15, -0.1) is 12.4 Å². The average Bonchev–Trinajstić information content (AvgIpc) is 2.04. The van der Waals surface area contributed by atoms with Crippen molar-refractivity contribution in [3.63, 3.8) is 0 Å². The Balaban J connectivity index is 0.00000121. The van der Waals surface area contributed by atoms with Crippen LogP contribution < -0.4 is 4.74 Å². The first-order valence-electron chi connectivity index (χ1n) is 2.98. The molecule has 5 heteroatoms. The summed E-state index contributed by atoms with van der Waals surface area (Å²) >= 11 is 0. The Morgan fingerprint density at radius 2 is 2.33 bits per heavy atom. The number of ether oxygens (including phenoxy) is 1. The lowest BCUT2D eigenvalue weighted by molar-refractivity contribution is 0.0686. The monoisotopic (exact) mass is 189 g/mol. The normalized spacial score (nSPS) is 8.42. The molecule has 0 spiro atoms. The van der Waals surface area contributed by atoms with Crippen LogP contribution in [0.2, 0.25) is 0 Å². The summed E-state index contributed by atoms with van der Waals surface area (Å²) in [5.41, 5.74) is -0.0602. The van der Waals surface area contributed by atoms with Gasteiger partial charge in [-0.25, -0.2) is 9.78 Å². The summed E-state index contributed by atoms with van der Waals surface area (Å²) in [6.07, 6.45) is 1.41. The van der Waals surface area contributed by atoms with E-state index in [9.17, 15) is 4.79 Å². The van der Waals surface area contributed by atoms with Crippen molar-refractivity contribution in [2.75, 3.05) is 7.11 Å². The van der Waals surface area contributed by atoms with Gasteiger partial charge in [-0.1, -0.05) is 0 Å². The van der Waals surface area contributed by atoms with Crippen LogP contribution in [0.1, 0.15) is 10.5 Å². The summed E-state index contributed by atoms with van der Waals surface area (Å²) in [6.45, 7) is 0. The molecule has 1 rings (SSSR count). The number of methoxy groups -OCH3 is 1. The molecule has 66 valence electrons. The molecule has 0 amide bonds. The molecule has 0 atom stereocenters. The van der Waals surface area contributed by atoms with Crippen LogP contribution in [0.4, 0.5) is 0 Å². The second-order valence-electron chi connectivity index (χ2n) is 1.86. The van der Waals surface area contributed by atoms with E-state index in [2.05, 4.69) is 4.98 Å². The van der Waals surface area contributed by atoms with Gasteiger partial charge >= 0.3 is 5.97 Å². The van der Waals surface area contributed by atoms with Crippen LogP contribution in [-0.2, 0) is 0 Å². The maximum Gasteiger partial charge on any atom is 0.358 e. The molecule has 12 heavy (non-hydrogen) atoms. The zero-order chi connectivity index (χ0) is 8.27. The van der Waals surface area contributed by atoms with Crippen molar-refractivity contribution in [2.45, 2.75) is 0 Å². The van der Waals surface area contributed by atoms with Gasteiger partial charge in [0.1, 0.15) is 0 Å².